The molecular weight excluding hydrogens is 354 g/mol. The number of ether oxygens (including phenoxy) is 1. The van der Waals surface area contributed by atoms with Crippen LogP contribution in [0.4, 0.5) is 5.95 Å². The fraction of sp³-hybridized carbons (Fsp3) is 0.400. The Labute approximate surface area is 162 Å². The van der Waals surface area contributed by atoms with Crippen molar-refractivity contribution in [3.63, 3.8) is 0 Å². The molecule has 0 unspecified atom stereocenters. The van der Waals surface area contributed by atoms with Crippen LogP contribution >= 0.6 is 0 Å². The van der Waals surface area contributed by atoms with E-state index in [9.17, 15) is 0 Å². The van der Waals surface area contributed by atoms with E-state index in [4.69, 9.17) is 4.74 Å². The van der Waals surface area contributed by atoms with E-state index in [0.29, 0.717) is 18.1 Å². The second kappa shape index (κ2) is 7.20. The average molecular weight is 377 g/mol. The van der Waals surface area contributed by atoms with Crippen LogP contribution in [-0.4, -0.2) is 48.3 Å². The Bertz CT molecular complexity index is 1090. The summed E-state index contributed by atoms with van der Waals surface area (Å²) >= 11 is 0. The molecule has 8 heteroatoms. The van der Waals surface area contributed by atoms with Gasteiger partial charge >= 0.3 is 0 Å². The molecule has 0 aliphatic heterocycles. The molecule has 0 bridgehead atoms. The summed E-state index contributed by atoms with van der Waals surface area (Å²) in [6.07, 6.45) is 12.1. The summed E-state index contributed by atoms with van der Waals surface area (Å²) in [6, 6.07) is 4.39. The Kier molecular flexibility index (Phi) is 4.40. The van der Waals surface area contributed by atoms with Crippen LogP contribution in [0.15, 0.2) is 37.1 Å². The van der Waals surface area contributed by atoms with Gasteiger partial charge in [0.25, 0.3) is 0 Å². The number of nitrogens with zero attached hydrogens (tertiary/aromatic N) is 5. The summed E-state index contributed by atoms with van der Waals surface area (Å²) < 4.78 is 7.50. The van der Waals surface area contributed by atoms with Crippen molar-refractivity contribution in [2.75, 3.05) is 11.9 Å². The third-order valence-corrected chi connectivity index (χ3v) is 5.43. The lowest BCUT2D eigenvalue weighted by Gasteiger charge is -2.28. The smallest absolute Gasteiger partial charge is 0.224 e. The first kappa shape index (κ1) is 17.1. The normalized spacial score (nSPS) is 20.0. The quantitative estimate of drug-likeness (QED) is 0.553. The first-order valence-corrected chi connectivity index (χ1v) is 9.82. The van der Waals surface area contributed by atoms with Gasteiger partial charge in [0, 0.05) is 47.8 Å². The van der Waals surface area contributed by atoms with Crippen molar-refractivity contribution in [2.45, 2.75) is 44.8 Å². The van der Waals surface area contributed by atoms with E-state index in [-0.39, 0.29) is 0 Å². The van der Waals surface area contributed by atoms with Crippen molar-refractivity contribution >= 4 is 22.6 Å². The van der Waals surface area contributed by atoms with Crippen molar-refractivity contribution in [3.05, 3.63) is 37.1 Å². The molecule has 28 heavy (non-hydrogen) atoms. The van der Waals surface area contributed by atoms with Crippen LogP contribution in [0.25, 0.3) is 27.8 Å². The number of hydrogen-bond donors (Lipinski definition) is 2. The lowest BCUT2D eigenvalue weighted by atomic mass is 9.93. The van der Waals surface area contributed by atoms with Gasteiger partial charge < -0.3 is 15.0 Å². The zero-order valence-corrected chi connectivity index (χ0v) is 15.8. The number of hydrogen-bond acceptors (Lipinski definition) is 6. The predicted molar refractivity (Wildman–Crippen MR) is 107 cm³/mol. The maximum absolute atomic E-state index is 5.73. The van der Waals surface area contributed by atoms with Crippen LogP contribution < -0.4 is 5.32 Å². The SMILES string of the molecule is CCOC1CCC(Nc2ncc3c(-c4ccc5ncnn5c4)c[nH]c3n2)CC1. The van der Waals surface area contributed by atoms with Gasteiger partial charge in [-0.05, 0) is 44.7 Å². The second-order valence-electron chi connectivity index (χ2n) is 7.21. The zero-order valence-electron chi connectivity index (χ0n) is 15.8. The predicted octanol–water partition coefficient (Wildman–Crippen LogP) is 3.43. The minimum atomic E-state index is 0.401. The van der Waals surface area contributed by atoms with Crippen LogP contribution in [0.1, 0.15) is 32.6 Å². The van der Waals surface area contributed by atoms with Crippen LogP contribution in [0.3, 0.4) is 0 Å². The number of anilines is 1. The summed E-state index contributed by atoms with van der Waals surface area (Å²) in [7, 11) is 0. The molecule has 0 amide bonds. The molecule has 0 aromatic carbocycles. The largest absolute Gasteiger partial charge is 0.379 e. The van der Waals surface area contributed by atoms with E-state index >= 15 is 0 Å². The molecule has 0 saturated heterocycles. The lowest BCUT2D eigenvalue weighted by Crippen LogP contribution is -2.30. The number of pyridine rings is 1. The standard InChI is InChI=1S/C20H23N7O/c1-2-28-15-6-4-14(5-7-15)25-20-22-10-17-16(9-21-19(17)26-20)13-3-8-18-23-12-24-27(18)11-13/h3,8-12,14-15H,2,4-7H2,1H3,(H2,21,22,25,26). The summed E-state index contributed by atoms with van der Waals surface area (Å²) in [4.78, 5) is 16.7. The summed E-state index contributed by atoms with van der Waals surface area (Å²) in [5.41, 5.74) is 3.75. The van der Waals surface area contributed by atoms with Crippen molar-refractivity contribution < 1.29 is 4.74 Å². The topological polar surface area (TPSA) is 93.0 Å². The zero-order chi connectivity index (χ0) is 18.9. The molecule has 4 aromatic heterocycles. The molecule has 0 radical (unpaired) electrons. The molecule has 4 heterocycles. The summed E-state index contributed by atoms with van der Waals surface area (Å²) in [5.74, 6) is 0.674. The van der Waals surface area contributed by atoms with Crippen molar-refractivity contribution in [1.29, 1.82) is 0 Å². The van der Waals surface area contributed by atoms with Gasteiger partial charge in [0.05, 0.1) is 6.10 Å². The second-order valence-corrected chi connectivity index (χ2v) is 7.21. The number of rotatable bonds is 5. The number of fused-ring (bicyclic) bond motifs is 2. The fourth-order valence-electron chi connectivity index (χ4n) is 3.98. The van der Waals surface area contributed by atoms with Crippen LogP contribution in [-0.2, 0) is 4.74 Å². The van der Waals surface area contributed by atoms with Crippen LogP contribution in [0.2, 0.25) is 0 Å². The van der Waals surface area contributed by atoms with E-state index in [2.05, 4.69) is 37.3 Å². The minimum absolute atomic E-state index is 0.401. The van der Waals surface area contributed by atoms with Gasteiger partial charge in [0.1, 0.15) is 12.0 Å². The Morgan fingerprint density at radius 2 is 2.11 bits per heavy atom. The van der Waals surface area contributed by atoms with Gasteiger partial charge in [-0.25, -0.2) is 14.5 Å². The third-order valence-electron chi connectivity index (χ3n) is 5.43. The highest BCUT2D eigenvalue weighted by Crippen LogP contribution is 2.28. The van der Waals surface area contributed by atoms with Gasteiger partial charge in [0.15, 0.2) is 5.65 Å². The Balaban J connectivity index is 1.35. The molecular formula is C20H23N7O. The maximum atomic E-state index is 5.73. The Morgan fingerprint density at radius 1 is 1.21 bits per heavy atom. The van der Waals surface area contributed by atoms with E-state index in [0.717, 1.165) is 60.1 Å². The van der Waals surface area contributed by atoms with E-state index in [1.807, 2.05) is 30.7 Å². The molecule has 1 fully saturated rings. The minimum Gasteiger partial charge on any atom is -0.379 e. The molecule has 144 valence electrons. The van der Waals surface area contributed by atoms with Crippen molar-refractivity contribution in [1.82, 2.24) is 29.5 Å². The Hall–Kier alpha value is -3.00. The average Bonchev–Trinajstić information content (AvgIpc) is 3.35. The number of H-pyrrole nitrogens is 1. The number of nitrogens with one attached hydrogen (secondary N) is 2. The first-order valence-electron chi connectivity index (χ1n) is 9.82. The van der Waals surface area contributed by atoms with E-state index < -0.39 is 0 Å². The first-order chi connectivity index (χ1) is 13.8. The Morgan fingerprint density at radius 3 is 2.96 bits per heavy atom. The molecule has 4 aromatic rings. The molecule has 1 aliphatic rings. The highest BCUT2D eigenvalue weighted by atomic mass is 16.5. The van der Waals surface area contributed by atoms with Gasteiger partial charge in [-0.15, -0.1) is 0 Å². The molecule has 1 aliphatic carbocycles. The fourth-order valence-corrected chi connectivity index (χ4v) is 3.98. The van der Waals surface area contributed by atoms with Crippen molar-refractivity contribution in [2.24, 2.45) is 0 Å². The third kappa shape index (κ3) is 3.20. The van der Waals surface area contributed by atoms with Crippen LogP contribution in [0, 0.1) is 0 Å². The lowest BCUT2D eigenvalue weighted by molar-refractivity contribution is 0.0346. The summed E-state index contributed by atoms with van der Waals surface area (Å²) in [6.45, 7) is 2.85. The van der Waals surface area contributed by atoms with Gasteiger partial charge in [0.2, 0.25) is 5.95 Å². The van der Waals surface area contributed by atoms with Gasteiger partial charge in [-0.1, -0.05) is 0 Å². The number of aromatic nitrogens is 6. The van der Waals surface area contributed by atoms with E-state index in [1.54, 1.807) is 10.8 Å². The number of aromatic amines is 1. The van der Waals surface area contributed by atoms with Gasteiger partial charge in [-0.3, -0.25) is 0 Å². The highest BCUT2D eigenvalue weighted by molar-refractivity contribution is 5.93. The highest BCUT2D eigenvalue weighted by Gasteiger charge is 2.22. The van der Waals surface area contributed by atoms with Gasteiger partial charge in [-0.2, -0.15) is 10.1 Å². The van der Waals surface area contributed by atoms with Crippen LogP contribution in [0.5, 0.6) is 0 Å². The van der Waals surface area contributed by atoms with E-state index in [1.165, 1.54) is 0 Å². The maximum Gasteiger partial charge on any atom is 0.224 e. The molecule has 5 rings (SSSR count). The molecule has 0 atom stereocenters. The molecule has 1 saturated carbocycles. The molecule has 2 N–H and O–H groups in total. The van der Waals surface area contributed by atoms with Crippen molar-refractivity contribution in [3.8, 4) is 11.1 Å². The summed E-state index contributed by atoms with van der Waals surface area (Å²) in [5, 5.41) is 8.69. The molecule has 0 spiro atoms. The molecule has 8 nitrogen and oxygen atoms in total. The monoisotopic (exact) mass is 377 g/mol.